The number of rotatable bonds is 4. The molecule has 0 aromatic heterocycles. The largest absolute Gasteiger partial charge is 0.480 e. The molecule has 9 heteroatoms. The highest BCUT2D eigenvalue weighted by atomic mass is 16.6. The molecule has 2 aliphatic heterocycles. The molecule has 1 aromatic rings. The third kappa shape index (κ3) is 5.02. The summed E-state index contributed by atoms with van der Waals surface area (Å²) in [6, 6.07) is 8.05. The topological polar surface area (TPSA) is 114 Å². The van der Waals surface area contributed by atoms with Gasteiger partial charge in [-0.2, -0.15) is 0 Å². The molecule has 2 amide bonds. The SMILES string of the molecule is CC(C)(C)OC(=O)N1C2COCC1CC(NC(=O)OCc1ccccc1)(C(=O)O)C2. The number of nitrogens with one attached hydrogen (secondary N) is 1. The van der Waals surface area contributed by atoms with E-state index in [0.717, 1.165) is 5.56 Å². The number of carbonyl (C=O) groups is 3. The van der Waals surface area contributed by atoms with Crippen molar-refractivity contribution >= 4 is 18.2 Å². The van der Waals surface area contributed by atoms with Crippen LogP contribution in [0.2, 0.25) is 0 Å². The van der Waals surface area contributed by atoms with E-state index in [1.807, 2.05) is 18.2 Å². The fourth-order valence-electron chi connectivity index (χ4n) is 3.90. The van der Waals surface area contributed by atoms with Crippen LogP contribution in [0.3, 0.4) is 0 Å². The van der Waals surface area contributed by atoms with Gasteiger partial charge in [-0.3, -0.25) is 4.90 Å². The number of carboxylic acid groups (broad SMARTS) is 1. The molecule has 0 spiro atoms. The number of ether oxygens (including phenoxy) is 3. The first-order chi connectivity index (χ1) is 14.1. The second kappa shape index (κ2) is 8.51. The molecule has 2 bridgehead atoms. The van der Waals surface area contributed by atoms with Gasteiger partial charge in [0.05, 0.1) is 25.3 Å². The number of fused-ring (bicyclic) bond motifs is 2. The van der Waals surface area contributed by atoms with Crippen molar-refractivity contribution in [3.63, 3.8) is 0 Å². The Morgan fingerprint density at radius 2 is 1.77 bits per heavy atom. The standard InChI is InChI=1S/C21H28N2O7/c1-20(2,3)30-19(27)23-15-9-21(17(24)25,10-16(23)13-28-12-15)22-18(26)29-11-14-7-5-4-6-8-14/h4-8,15-16H,9-13H2,1-3H3,(H,22,26)(H,24,25). The first kappa shape index (κ1) is 21.9. The lowest BCUT2D eigenvalue weighted by Gasteiger charge is -2.51. The highest BCUT2D eigenvalue weighted by Gasteiger charge is 2.54. The van der Waals surface area contributed by atoms with Crippen molar-refractivity contribution in [1.82, 2.24) is 10.2 Å². The van der Waals surface area contributed by atoms with Crippen LogP contribution in [-0.2, 0) is 25.6 Å². The predicted molar refractivity (Wildman–Crippen MR) is 106 cm³/mol. The predicted octanol–water partition coefficient (Wildman–Crippen LogP) is 2.53. The Morgan fingerprint density at radius 1 is 1.17 bits per heavy atom. The van der Waals surface area contributed by atoms with Crippen LogP contribution in [-0.4, -0.2) is 64.6 Å². The molecule has 2 atom stereocenters. The van der Waals surface area contributed by atoms with Crippen molar-refractivity contribution in [3.05, 3.63) is 35.9 Å². The van der Waals surface area contributed by atoms with Gasteiger partial charge in [-0.15, -0.1) is 0 Å². The molecule has 0 saturated carbocycles. The minimum Gasteiger partial charge on any atom is -0.480 e. The first-order valence-corrected chi connectivity index (χ1v) is 9.91. The van der Waals surface area contributed by atoms with Gasteiger partial charge in [0.1, 0.15) is 17.7 Å². The van der Waals surface area contributed by atoms with Crippen LogP contribution in [0.25, 0.3) is 0 Å². The molecule has 2 N–H and O–H groups in total. The number of morpholine rings is 1. The normalized spacial score (nSPS) is 25.9. The van der Waals surface area contributed by atoms with Crippen LogP contribution in [0.15, 0.2) is 30.3 Å². The average molecular weight is 420 g/mol. The van der Waals surface area contributed by atoms with E-state index in [9.17, 15) is 19.5 Å². The molecule has 2 saturated heterocycles. The highest BCUT2D eigenvalue weighted by Crippen LogP contribution is 2.36. The Morgan fingerprint density at radius 3 is 2.30 bits per heavy atom. The van der Waals surface area contributed by atoms with Crippen molar-refractivity contribution in [1.29, 1.82) is 0 Å². The van der Waals surface area contributed by atoms with Crippen molar-refractivity contribution in [2.24, 2.45) is 0 Å². The molecule has 2 fully saturated rings. The zero-order valence-corrected chi connectivity index (χ0v) is 17.4. The van der Waals surface area contributed by atoms with Crippen LogP contribution in [0.1, 0.15) is 39.2 Å². The van der Waals surface area contributed by atoms with E-state index in [-0.39, 0.29) is 32.7 Å². The minimum absolute atomic E-state index is 0.00148. The Kier molecular flexibility index (Phi) is 6.21. The third-order valence-corrected chi connectivity index (χ3v) is 5.14. The van der Waals surface area contributed by atoms with Gasteiger partial charge in [0.25, 0.3) is 0 Å². The maximum Gasteiger partial charge on any atom is 0.410 e. The molecule has 164 valence electrons. The second-order valence-electron chi connectivity index (χ2n) is 8.71. The van der Waals surface area contributed by atoms with E-state index in [2.05, 4.69) is 5.32 Å². The number of benzene rings is 1. The number of amides is 2. The smallest absolute Gasteiger partial charge is 0.410 e. The number of nitrogens with zero attached hydrogens (tertiary/aromatic N) is 1. The summed E-state index contributed by atoms with van der Waals surface area (Å²) in [5.74, 6) is -1.17. The molecule has 1 aromatic carbocycles. The minimum atomic E-state index is -1.55. The summed E-state index contributed by atoms with van der Waals surface area (Å²) in [4.78, 5) is 38.8. The quantitative estimate of drug-likeness (QED) is 0.769. The molecular formula is C21H28N2O7. The highest BCUT2D eigenvalue weighted by molar-refractivity contribution is 5.85. The Bertz CT molecular complexity index is 776. The van der Waals surface area contributed by atoms with Gasteiger partial charge in [-0.05, 0) is 26.3 Å². The van der Waals surface area contributed by atoms with Crippen molar-refractivity contribution in [2.45, 2.75) is 63.4 Å². The van der Waals surface area contributed by atoms with Gasteiger partial charge in [0, 0.05) is 12.8 Å². The Labute approximate surface area is 175 Å². The zero-order chi connectivity index (χ0) is 21.9. The number of hydrogen-bond donors (Lipinski definition) is 2. The number of carbonyl (C=O) groups excluding carboxylic acids is 2. The van der Waals surface area contributed by atoms with Crippen LogP contribution < -0.4 is 5.32 Å². The fraction of sp³-hybridized carbons (Fsp3) is 0.571. The molecule has 2 heterocycles. The lowest BCUT2D eigenvalue weighted by molar-refractivity contribution is -0.155. The van der Waals surface area contributed by atoms with Gasteiger partial charge in [0.15, 0.2) is 0 Å². The van der Waals surface area contributed by atoms with Crippen LogP contribution in [0.4, 0.5) is 9.59 Å². The van der Waals surface area contributed by atoms with Crippen molar-refractivity contribution in [3.8, 4) is 0 Å². The Balaban J connectivity index is 1.71. The molecule has 30 heavy (non-hydrogen) atoms. The fourth-order valence-corrected chi connectivity index (χ4v) is 3.90. The van der Waals surface area contributed by atoms with E-state index < -0.39 is 41.4 Å². The summed E-state index contributed by atoms with van der Waals surface area (Å²) < 4.78 is 16.2. The summed E-state index contributed by atoms with van der Waals surface area (Å²) in [5, 5.41) is 12.5. The lowest BCUT2D eigenvalue weighted by atomic mass is 9.78. The summed E-state index contributed by atoms with van der Waals surface area (Å²) in [7, 11) is 0. The summed E-state index contributed by atoms with van der Waals surface area (Å²) in [6.07, 6.45) is -1.32. The number of piperidine rings is 1. The molecule has 2 unspecified atom stereocenters. The molecular weight excluding hydrogens is 392 g/mol. The van der Waals surface area contributed by atoms with E-state index in [4.69, 9.17) is 14.2 Å². The van der Waals surface area contributed by atoms with Crippen LogP contribution in [0.5, 0.6) is 0 Å². The summed E-state index contributed by atoms with van der Waals surface area (Å²) in [6.45, 7) is 5.69. The van der Waals surface area contributed by atoms with Crippen molar-refractivity contribution in [2.75, 3.05) is 13.2 Å². The van der Waals surface area contributed by atoms with Gasteiger partial charge < -0.3 is 24.6 Å². The van der Waals surface area contributed by atoms with Crippen LogP contribution >= 0.6 is 0 Å². The van der Waals surface area contributed by atoms with E-state index >= 15 is 0 Å². The van der Waals surface area contributed by atoms with E-state index in [0.29, 0.717) is 0 Å². The zero-order valence-electron chi connectivity index (χ0n) is 17.4. The molecule has 2 aliphatic rings. The maximum absolute atomic E-state index is 12.7. The van der Waals surface area contributed by atoms with E-state index in [1.165, 1.54) is 0 Å². The van der Waals surface area contributed by atoms with Gasteiger partial charge in [0.2, 0.25) is 0 Å². The first-order valence-electron chi connectivity index (χ1n) is 9.91. The number of alkyl carbamates (subject to hydrolysis) is 1. The van der Waals surface area contributed by atoms with Crippen molar-refractivity contribution < 1.29 is 33.7 Å². The summed E-state index contributed by atoms with van der Waals surface area (Å²) >= 11 is 0. The Hall–Kier alpha value is -2.81. The third-order valence-electron chi connectivity index (χ3n) is 5.14. The number of aliphatic carboxylic acids is 1. The van der Waals surface area contributed by atoms with Gasteiger partial charge in [-0.1, -0.05) is 30.3 Å². The molecule has 0 radical (unpaired) electrons. The monoisotopic (exact) mass is 420 g/mol. The lowest BCUT2D eigenvalue weighted by Crippen LogP contribution is -2.70. The van der Waals surface area contributed by atoms with Gasteiger partial charge >= 0.3 is 18.2 Å². The molecule has 0 aliphatic carbocycles. The van der Waals surface area contributed by atoms with E-state index in [1.54, 1.807) is 37.8 Å². The molecule has 3 rings (SSSR count). The second-order valence-corrected chi connectivity index (χ2v) is 8.71. The number of hydrogen-bond acceptors (Lipinski definition) is 6. The molecule has 9 nitrogen and oxygen atoms in total. The van der Waals surface area contributed by atoms with Crippen LogP contribution in [0, 0.1) is 0 Å². The average Bonchev–Trinajstić information content (AvgIpc) is 2.65. The number of carboxylic acids is 1. The maximum atomic E-state index is 12.7. The van der Waals surface area contributed by atoms with Gasteiger partial charge in [-0.25, -0.2) is 14.4 Å². The summed E-state index contributed by atoms with van der Waals surface area (Å²) in [5.41, 5.74) is -1.43.